The monoisotopic (exact) mass is 494 g/mol. The van der Waals surface area contributed by atoms with Crippen molar-refractivity contribution in [3.05, 3.63) is 90.1 Å². The van der Waals surface area contributed by atoms with Crippen molar-refractivity contribution in [1.82, 2.24) is 20.5 Å². The lowest BCUT2D eigenvalue weighted by Gasteiger charge is -2.23. The van der Waals surface area contributed by atoms with Crippen LogP contribution < -0.4 is 10.6 Å². The number of pyridine rings is 1. The molecule has 6 heteroatoms. The zero-order valence-electron chi connectivity index (χ0n) is 21.5. The highest BCUT2D eigenvalue weighted by atomic mass is 16.2. The van der Waals surface area contributed by atoms with Gasteiger partial charge in [-0.05, 0) is 59.4 Å². The maximum atomic E-state index is 13.3. The zero-order chi connectivity index (χ0) is 25.8. The molecule has 2 N–H and O–H groups in total. The number of aromatic nitrogens is 1. The summed E-state index contributed by atoms with van der Waals surface area (Å²) in [6.45, 7) is 6.66. The number of likely N-dealkylation sites (tertiary alicyclic amines) is 1. The minimum Gasteiger partial charge on any atom is -0.350 e. The van der Waals surface area contributed by atoms with E-state index in [1.54, 1.807) is 0 Å². The van der Waals surface area contributed by atoms with Gasteiger partial charge in [0.25, 0.3) is 5.91 Å². The summed E-state index contributed by atoms with van der Waals surface area (Å²) in [4.78, 5) is 33.2. The van der Waals surface area contributed by atoms with Crippen molar-refractivity contribution in [2.24, 2.45) is 5.92 Å². The van der Waals surface area contributed by atoms with E-state index in [-0.39, 0.29) is 23.8 Å². The van der Waals surface area contributed by atoms with Crippen molar-refractivity contribution >= 4 is 33.5 Å². The lowest BCUT2D eigenvalue weighted by molar-refractivity contribution is -0.124. The van der Waals surface area contributed by atoms with Crippen LogP contribution in [0.1, 0.15) is 42.6 Å². The predicted octanol–water partition coefficient (Wildman–Crippen LogP) is 4.92. The van der Waals surface area contributed by atoms with Crippen LogP contribution in [0, 0.1) is 5.92 Å². The Kier molecular flexibility index (Phi) is 7.47. The van der Waals surface area contributed by atoms with Crippen LogP contribution in [0.2, 0.25) is 0 Å². The number of amides is 2. The third-order valence-corrected chi connectivity index (χ3v) is 7.09. The highest BCUT2D eigenvalue weighted by Gasteiger charge is 2.28. The zero-order valence-corrected chi connectivity index (χ0v) is 21.5. The summed E-state index contributed by atoms with van der Waals surface area (Å²) in [6, 6.07) is 23.4. The molecule has 0 radical (unpaired) electrons. The third-order valence-electron chi connectivity index (χ3n) is 7.09. The molecule has 4 aromatic rings. The van der Waals surface area contributed by atoms with Crippen LogP contribution in [-0.2, 0) is 11.3 Å². The summed E-state index contributed by atoms with van der Waals surface area (Å²) in [5.41, 5.74) is 2.82. The van der Waals surface area contributed by atoms with Crippen LogP contribution in [0.25, 0.3) is 21.7 Å². The van der Waals surface area contributed by atoms with Gasteiger partial charge in [0.1, 0.15) is 6.04 Å². The van der Waals surface area contributed by atoms with Crippen LogP contribution in [0.5, 0.6) is 0 Å². The van der Waals surface area contributed by atoms with Gasteiger partial charge in [-0.15, -0.1) is 0 Å². The number of hydrogen-bond acceptors (Lipinski definition) is 4. The largest absolute Gasteiger partial charge is 0.350 e. The molecular weight excluding hydrogens is 460 g/mol. The molecule has 1 aromatic heterocycles. The predicted molar refractivity (Wildman–Crippen MR) is 148 cm³/mol. The number of benzene rings is 3. The normalized spacial score (nSPS) is 16.8. The van der Waals surface area contributed by atoms with E-state index in [1.807, 2.05) is 66.9 Å². The fourth-order valence-corrected chi connectivity index (χ4v) is 5.20. The summed E-state index contributed by atoms with van der Waals surface area (Å²) in [7, 11) is 0. The number of fused-ring (bicyclic) bond motifs is 2. The molecule has 190 valence electrons. The van der Waals surface area contributed by atoms with Gasteiger partial charge in [-0.3, -0.25) is 19.5 Å². The second-order valence-electron chi connectivity index (χ2n) is 10.4. The molecule has 5 rings (SSSR count). The lowest BCUT2D eigenvalue weighted by atomic mass is 10.0. The number of nitrogens with one attached hydrogen (secondary N) is 2. The van der Waals surface area contributed by atoms with Crippen LogP contribution in [0.15, 0.2) is 79.0 Å². The van der Waals surface area contributed by atoms with E-state index in [0.717, 1.165) is 42.3 Å². The summed E-state index contributed by atoms with van der Waals surface area (Å²) < 4.78 is 0. The number of carbonyl (C=O) groups excluding carboxylic acids is 2. The summed E-state index contributed by atoms with van der Waals surface area (Å²) in [5, 5.41) is 9.48. The molecule has 1 fully saturated rings. The first-order valence-corrected chi connectivity index (χ1v) is 13.1. The quantitative estimate of drug-likeness (QED) is 0.365. The van der Waals surface area contributed by atoms with Gasteiger partial charge >= 0.3 is 0 Å². The van der Waals surface area contributed by atoms with Crippen molar-refractivity contribution in [2.75, 3.05) is 13.1 Å². The Morgan fingerprint density at radius 3 is 2.62 bits per heavy atom. The van der Waals surface area contributed by atoms with Gasteiger partial charge in [0, 0.05) is 42.8 Å². The Hall–Kier alpha value is -3.77. The molecule has 1 aliphatic heterocycles. The highest BCUT2D eigenvalue weighted by Crippen LogP contribution is 2.21. The average molecular weight is 495 g/mol. The third kappa shape index (κ3) is 5.97. The molecule has 0 aliphatic carbocycles. The van der Waals surface area contributed by atoms with E-state index in [1.165, 1.54) is 10.9 Å². The second kappa shape index (κ2) is 11.1. The molecule has 0 bridgehead atoms. The van der Waals surface area contributed by atoms with Crippen LogP contribution in [0.3, 0.4) is 0 Å². The first kappa shape index (κ1) is 24.9. The number of para-hydroxylation sites is 1. The van der Waals surface area contributed by atoms with Crippen LogP contribution in [0.4, 0.5) is 0 Å². The molecule has 1 saturated heterocycles. The van der Waals surface area contributed by atoms with Gasteiger partial charge in [-0.25, -0.2) is 0 Å². The van der Waals surface area contributed by atoms with Gasteiger partial charge in [0.15, 0.2) is 0 Å². The fraction of sp³-hybridized carbons (Fsp3) is 0.323. The van der Waals surface area contributed by atoms with Gasteiger partial charge in [-0.2, -0.15) is 0 Å². The minimum atomic E-state index is -0.572. The second-order valence-corrected chi connectivity index (χ2v) is 10.4. The van der Waals surface area contributed by atoms with Gasteiger partial charge < -0.3 is 10.6 Å². The highest BCUT2D eigenvalue weighted by molar-refractivity contribution is 6.00. The topological polar surface area (TPSA) is 74.3 Å². The van der Waals surface area contributed by atoms with Crippen molar-refractivity contribution < 1.29 is 9.59 Å². The van der Waals surface area contributed by atoms with Gasteiger partial charge in [-0.1, -0.05) is 62.4 Å². The standard InChI is InChI=1S/C31H34N4O2/c1-21(2)17-29(34-30(36)24-12-11-22-7-3-4-8-23(22)18-24)31(37)33-26-14-16-35(20-26)19-25-13-15-32-28-10-6-5-9-27(25)28/h3-13,15,18,21,26,29H,14,16-17,19-20H2,1-2H3,(H,33,37)(H,34,36)/t26-,29-/m0/s1. The van der Waals surface area contributed by atoms with Crippen molar-refractivity contribution in [2.45, 2.75) is 45.3 Å². The number of carbonyl (C=O) groups is 2. The van der Waals surface area contributed by atoms with Crippen molar-refractivity contribution in [3.8, 4) is 0 Å². The number of hydrogen-bond donors (Lipinski definition) is 2. The maximum absolute atomic E-state index is 13.3. The van der Waals surface area contributed by atoms with E-state index in [4.69, 9.17) is 0 Å². The first-order valence-electron chi connectivity index (χ1n) is 13.1. The number of nitrogens with zero attached hydrogens (tertiary/aromatic N) is 2. The lowest BCUT2D eigenvalue weighted by Crippen LogP contribution is -2.50. The first-order chi connectivity index (χ1) is 18.0. The Morgan fingerprint density at radius 2 is 1.78 bits per heavy atom. The SMILES string of the molecule is CC(C)C[C@H](NC(=O)c1ccc2ccccc2c1)C(=O)N[C@H]1CCN(Cc2ccnc3ccccc23)C1. The Morgan fingerprint density at radius 1 is 1.00 bits per heavy atom. The molecule has 2 heterocycles. The minimum absolute atomic E-state index is 0.0628. The molecule has 2 atom stereocenters. The molecular formula is C31H34N4O2. The summed E-state index contributed by atoms with van der Waals surface area (Å²) in [6.07, 6.45) is 3.34. The van der Waals surface area contributed by atoms with Gasteiger partial charge in [0.2, 0.25) is 5.91 Å². The molecule has 1 aliphatic rings. The Balaban J connectivity index is 1.21. The molecule has 37 heavy (non-hydrogen) atoms. The van der Waals surface area contributed by atoms with E-state index < -0.39 is 6.04 Å². The van der Waals surface area contributed by atoms with Crippen LogP contribution in [-0.4, -0.2) is 46.9 Å². The van der Waals surface area contributed by atoms with E-state index >= 15 is 0 Å². The number of rotatable bonds is 8. The average Bonchev–Trinajstić information content (AvgIpc) is 3.34. The molecule has 0 saturated carbocycles. The Bertz CT molecular complexity index is 1410. The van der Waals surface area contributed by atoms with E-state index in [2.05, 4.69) is 46.5 Å². The molecule has 0 unspecified atom stereocenters. The molecule has 6 nitrogen and oxygen atoms in total. The summed E-state index contributed by atoms with van der Waals surface area (Å²) >= 11 is 0. The fourth-order valence-electron chi connectivity index (χ4n) is 5.20. The molecule has 3 aromatic carbocycles. The van der Waals surface area contributed by atoms with Gasteiger partial charge in [0.05, 0.1) is 5.52 Å². The maximum Gasteiger partial charge on any atom is 0.251 e. The molecule has 0 spiro atoms. The molecule has 2 amide bonds. The van der Waals surface area contributed by atoms with E-state index in [0.29, 0.717) is 12.0 Å². The summed E-state index contributed by atoms with van der Waals surface area (Å²) in [5.74, 6) is -0.0547. The van der Waals surface area contributed by atoms with Crippen LogP contribution >= 0.6 is 0 Å². The smallest absolute Gasteiger partial charge is 0.251 e. The van der Waals surface area contributed by atoms with Crippen molar-refractivity contribution in [3.63, 3.8) is 0 Å². The van der Waals surface area contributed by atoms with Crippen molar-refractivity contribution in [1.29, 1.82) is 0 Å². The van der Waals surface area contributed by atoms with E-state index in [9.17, 15) is 9.59 Å². The Labute approximate surface area is 218 Å².